The zero-order valence-electron chi connectivity index (χ0n) is 12.9. The normalized spacial score (nSPS) is 10.4. The van der Waals surface area contributed by atoms with Gasteiger partial charge in [-0.2, -0.15) is 4.98 Å². The minimum Gasteiger partial charge on any atom is -0.353 e. The highest BCUT2D eigenvalue weighted by molar-refractivity contribution is 5.88. The number of fused-ring (bicyclic) bond motifs is 1. The standard InChI is InChI=1S/C17H17N6O/c18-7-8-19-17-20-10-15(21-11-24)16(23-17)22-14-6-5-12-3-1-2-4-13(12)9-14/h1-6,9-10H,7-8,18H2,(H,21,24)(H2,19,20,22,23). The van der Waals surface area contributed by atoms with Gasteiger partial charge in [0.05, 0.1) is 6.20 Å². The first kappa shape index (κ1) is 15.7. The Morgan fingerprint density at radius 3 is 2.75 bits per heavy atom. The fraction of sp³-hybridized carbons (Fsp3) is 0.118. The molecule has 1 radical (unpaired) electrons. The van der Waals surface area contributed by atoms with E-state index in [1.54, 1.807) is 6.41 Å². The molecule has 0 aliphatic rings. The predicted octanol–water partition coefficient (Wildman–Crippen LogP) is 2.22. The summed E-state index contributed by atoms with van der Waals surface area (Å²) in [5.74, 6) is 0.906. The Labute approximate surface area is 139 Å². The van der Waals surface area contributed by atoms with Gasteiger partial charge in [0.15, 0.2) is 5.82 Å². The van der Waals surface area contributed by atoms with Crippen molar-refractivity contribution in [1.29, 1.82) is 0 Å². The number of anilines is 4. The lowest BCUT2D eigenvalue weighted by Gasteiger charge is -2.12. The zero-order chi connectivity index (χ0) is 16.8. The molecular weight excluding hydrogens is 304 g/mol. The molecule has 7 nitrogen and oxygen atoms in total. The molecule has 0 aliphatic heterocycles. The predicted molar refractivity (Wildman–Crippen MR) is 96.1 cm³/mol. The van der Waals surface area contributed by atoms with E-state index in [2.05, 4.69) is 25.9 Å². The maximum atomic E-state index is 10.7. The third kappa shape index (κ3) is 3.58. The van der Waals surface area contributed by atoms with Crippen LogP contribution in [0.2, 0.25) is 0 Å². The van der Waals surface area contributed by atoms with E-state index in [9.17, 15) is 4.79 Å². The Bertz CT molecular complexity index is 851. The quantitative estimate of drug-likeness (QED) is 0.497. The molecule has 2 aromatic carbocycles. The number of hydrogen-bond donors (Lipinski definition) is 4. The van der Waals surface area contributed by atoms with Gasteiger partial charge in [-0.1, -0.05) is 30.3 Å². The van der Waals surface area contributed by atoms with Crippen LogP contribution in [-0.2, 0) is 4.79 Å². The summed E-state index contributed by atoms with van der Waals surface area (Å²) in [6, 6.07) is 14.0. The van der Waals surface area contributed by atoms with E-state index in [-0.39, 0.29) is 0 Å². The number of nitrogens with zero attached hydrogens (tertiary/aromatic N) is 2. The maximum Gasteiger partial charge on any atom is 0.314 e. The number of amides is 1. The van der Waals surface area contributed by atoms with Gasteiger partial charge in [-0.3, -0.25) is 4.79 Å². The van der Waals surface area contributed by atoms with Crippen LogP contribution >= 0.6 is 0 Å². The monoisotopic (exact) mass is 321 g/mol. The van der Waals surface area contributed by atoms with Crippen LogP contribution in [0, 0.1) is 0 Å². The summed E-state index contributed by atoms with van der Waals surface area (Å²) in [5, 5.41) is 10.9. The SMILES string of the molecule is NCCNc1ncc(N[C]=O)c(Nc2ccc3ccccc3c2)n1. The van der Waals surface area contributed by atoms with Crippen molar-refractivity contribution >= 4 is 40.3 Å². The summed E-state index contributed by atoms with van der Waals surface area (Å²) in [4.78, 5) is 19.2. The van der Waals surface area contributed by atoms with Crippen molar-refractivity contribution < 1.29 is 4.79 Å². The molecule has 0 unspecified atom stereocenters. The van der Waals surface area contributed by atoms with Crippen molar-refractivity contribution in [2.45, 2.75) is 0 Å². The van der Waals surface area contributed by atoms with E-state index in [0.29, 0.717) is 30.5 Å². The van der Waals surface area contributed by atoms with E-state index in [1.165, 1.54) is 6.20 Å². The Kier molecular flexibility index (Phi) is 4.83. The van der Waals surface area contributed by atoms with Crippen LogP contribution in [0.4, 0.5) is 23.1 Å². The topological polar surface area (TPSA) is 105 Å². The second kappa shape index (κ2) is 7.38. The molecule has 0 atom stereocenters. The van der Waals surface area contributed by atoms with Gasteiger partial charge < -0.3 is 21.7 Å². The summed E-state index contributed by atoms with van der Waals surface area (Å²) < 4.78 is 0. The second-order valence-corrected chi connectivity index (χ2v) is 5.09. The number of hydrogen-bond acceptors (Lipinski definition) is 6. The van der Waals surface area contributed by atoms with Crippen LogP contribution in [0.1, 0.15) is 0 Å². The number of carbonyl (C=O) groups excluding carboxylic acids is 1. The number of rotatable bonds is 7. The second-order valence-electron chi connectivity index (χ2n) is 5.09. The van der Waals surface area contributed by atoms with Crippen molar-refractivity contribution in [3.63, 3.8) is 0 Å². The van der Waals surface area contributed by atoms with Gasteiger partial charge in [0.1, 0.15) is 5.69 Å². The first-order chi connectivity index (χ1) is 11.8. The van der Waals surface area contributed by atoms with Crippen LogP contribution in [0.3, 0.4) is 0 Å². The summed E-state index contributed by atoms with van der Waals surface area (Å²) in [6.45, 7) is 1.03. The number of nitrogens with one attached hydrogen (secondary N) is 3. The lowest BCUT2D eigenvalue weighted by Crippen LogP contribution is -2.15. The number of nitrogens with two attached hydrogens (primary N) is 1. The Morgan fingerprint density at radius 1 is 1.12 bits per heavy atom. The summed E-state index contributed by atoms with van der Waals surface area (Å²) in [7, 11) is 0. The molecule has 7 heteroatoms. The first-order valence-electron chi connectivity index (χ1n) is 7.50. The summed E-state index contributed by atoms with van der Waals surface area (Å²) in [5.41, 5.74) is 6.77. The van der Waals surface area contributed by atoms with E-state index < -0.39 is 0 Å². The molecule has 5 N–H and O–H groups in total. The van der Waals surface area contributed by atoms with E-state index in [0.717, 1.165) is 16.5 Å². The molecule has 0 saturated carbocycles. The fourth-order valence-electron chi connectivity index (χ4n) is 2.30. The lowest BCUT2D eigenvalue weighted by molar-refractivity contribution is 0.561. The van der Waals surface area contributed by atoms with E-state index >= 15 is 0 Å². The van der Waals surface area contributed by atoms with Gasteiger partial charge in [0.25, 0.3) is 0 Å². The Balaban J connectivity index is 1.91. The van der Waals surface area contributed by atoms with Gasteiger partial charge in [0, 0.05) is 18.8 Å². The van der Waals surface area contributed by atoms with Gasteiger partial charge in [-0.05, 0) is 22.9 Å². The molecule has 0 aliphatic carbocycles. The van der Waals surface area contributed by atoms with Crippen molar-refractivity contribution in [2.24, 2.45) is 5.73 Å². The van der Waals surface area contributed by atoms with Crippen LogP contribution < -0.4 is 21.7 Å². The van der Waals surface area contributed by atoms with Crippen molar-refractivity contribution in [3.8, 4) is 0 Å². The van der Waals surface area contributed by atoms with Gasteiger partial charge in [-0.15, -0.1) is 0 Å². The van der Waals surface area contributed by atoms with Gasteiger partial charge >= 0.3 is 6.41 Å². The Hall–Kier alpha value is -3.19. The smallest absolute Gasteiger partial charge is 0.314 e. The number of benzene rings is 2. The van der Waals surface area contributed by atoms with E-state index in [4.69, 9.17) is 5.73 Å². The van der Waals surface area contributed by atoms with Crippen LogP contribution in [0.15, 0.2) is 48.7 Å². The molecule has 0 bridgehead atoms. The molecular formula is C17H17N6O. The summed E-state index contributed by atoms with van der Waals surface area (Å²) in [6.07, 6.45) is 3.16. The number of aromatic nitrogens is 2. The van der Waals surface area contributed by atoms with Gasteiger partial charge in [0.2, 0.25) is 5.95 Å². The minimum atomic E-state index is 0.431. The molecule has 121 valence electrons. The average molecular weight is 321 g/mol. The van der Waals surface area contributed by atoms with Crippen LogP contribution in [-0.4, -0.2) is 29.5 Å². The molecule has 24 heavy (non-hydrogen) atoms. The van der Waals surface area contributed by atoms with Crippen LogP contribution in [0.5, 0.6) is 0 Å². The third-order valence-electron chi connectivity index (χ3n) is 3.41. The van der Waals surface area contributed by atoms with Crippen LogP contribution in [0.25, 0.3) is 10.8 Å². The molecule has 3 rings (SSSR count). The summed E-state index contributed by atoms with van der Waals surface area (Å²) >= 11 is 0. The maximum absolute atomic E-state index is 10.7. The molecule has 3 aromatic rings. The third-order valence-corrected chi connectivity index (χ3v) is 3.41. The molecule has 1 amide bonds. The zero-order valence-corrected chi connectivity index (χ0v) is 12.9. The molecule has 1 aromatic heterocycles. The molecule has 1 heterocycles. The van der Waals surface area contributed by atoms with E-state index in [1.807, 2.05) is 42.5 Å². The van der Waals surface area contributed by atoms with Gasteiger partial charge in [-0.25, -0.2) is 4.98 Å². The average Bonchev–Trinajstić information content (AvgIpc) is 2.62. The highest BCUT2D eigenvalue weighted by atomic mass is 16.1. The highest BCUT2D eigenvalue weighted by Gasteiger charge is 2.08. The first-order valence-corrected chi connectivity index (χ1v) is 7.50. The molecule has 0 fully saturated rings. The lowest BCUT2D eigenvalue weighted by atomic mass is 10.1. The Morgan fingerprint density at radius 2 is 1.96 bits per heavy atom. The minimum absolute atomic E-state index is 0.431. The molecule has 0 saturated heterocycles. The van der Waals surface area contributed by atoms with Crippen molar-refractivity contribution in [3.05, 3.63) is 48.7 Å². The van der Waals surface area contributed by atoms with Crippen molar-refractivity contribution in [2.75, 3.05) is 29.0 Å². The largest absolute Gasteiger partial charge is 0.353 e. The highest BCUT2D eigenvalue weighted by Crippen LogP contribution is 2.26. The molecule has 0 spiro atoms. The fourth-order valence-corrected chi connectivity index (χ4v) is 2.30. The van der Waals surface area contributed by atoms with Crippen molar-refractivity contribution in [1.82, 2.24) is 9.97 Å².